The summed E-state index contributed by atoms with van der Waals surface area (Å²) in [6.07, 6.45) is 0. The maximum absolute atomic E-state index is 12.5. The molecule has 2 aromatic rings. The second-order valence-corrected chi connectivity index (χ2v) is 4.67. The number of nitro benzene ring substituents is 1. The molecule has 7 nitrogen and oxygen atoms in total. The van der Waals surface area contributed by atoms with E-state index in [9.17, 15) is 14.9 Å². The molecule has 0 N–H and O–H groups in total. The Labute approximate surface area is 132 Å². The van der Waals surface area contributed by atoms with Crippen molar-refractivity contribution in [2.24, 2.45) is 0 Å². The number of methoxy groups -OCH3 is 1. The smallest absolute Gasteiger partial charge is 0.311 e. The quantitative estimate of drug-likeness (QED) is 0.639. The number of ether oxygens (including phenoxy) is 1. The van der Waals surface area contributed by atoms with E-state index in [2.05, 4.69) is 0 Å². The molecule has 0 bridgehead atoms. The van der Waals surface area contributed by atoms with Gasteiger partial charge in [-0.25, -0.2) is 0 Å². The number of nitrogens with zero attached hydrogens (tertiary/aromatic N) is 3. The van der Waals surface area contributed by atoms with E-state index in [0.29, 0.717) is 11.3 Å². The van der Waals surface area contributed by atoms with Gasteiger partial charge in [-0.2, -0.15) is 5.26 Å². The third-order valence-corrected chi connectivity index (χ3v) is 3.29. The van der Waals surface area contributed by atoms with Gasteiger partial charge in [-0.3, -0.25) is 14.9 Å². The summed E-state index contributed by atoms with van der Waals surface area (Å²) in [5.41, 5.74) is 0.815. The lowest BCUT2D eigenvalue weighted by atomic mass is 10.1. The van der Waals surface area contributed by atoms with Crippen molar-refractivity contribution in [3.63, 3.8) is 0 Å². The van der Waals surface area contributed by atoms with Gasteiger partial charge in [0.2, 0.25) is 0 Å². The van der Waals surface area contributed by atoms with Gasteiger partial charge >= 0.3 is 5.69 Å². The van der Waals surface area contributed by atoms with E-state index >= 15 is 0 Å². The maximum atomic E-state index is 12.5. The molecule has 2 aromatic carbocycles. The molecular formula is C16H13N3O4. The van der Waals surface area contributed by atoms with Crippen LogP contribution in [0.4, 0.5) is 11.4 Å². The van der Waals surface area contributed by atoms with Crippen molar-refractivity contribution >= 4 is 17.3 Å². The Morgan fingerprint density at radius 1 is 1.30 bits per heavy atom. The number of hydrogen-bond acceptors (Lipinski definition) is 5. The lowest BCUT2D eigenvalue weighted by Crippen LogP contribution is -2.26. The lowest BCUT2D eigenvalue weighted by Gasteiger charge is -2.17. The van der Waals surface area contributed by atoms with Crippen LogP contribution in [0.25, 0.3) is 0 Å². The Morgan fingerprint density at radius 3 is 2.65 bits per heavy atom. The summed E-state index contributed by atoms with van der Waals surface area (Å²) in [6, 6.07) is 12.5. The molecule has 23 heavy (non-hydrogen) atoms. The van der Waals surface area contributed by atoms with Crippen molar-refractivity contribution in [2.75, 3.05) is 19.1 Å². The first-order valence-electron chi connectivity index (χ1n) is 6.58. The third kappa shape index (κ3) is 3.27. The minimum atomic E-state index is -0.605. The van der Waals surface area contributed by atoms with Crippen LogP contribution < -0.4 is 9.64 Å². The van der Waals surface area contributed by atoms with E-state index in [1.54, 1.807) is 24.3 Å². The SMILES string of the molecule is COc1ccc(C(=O)N(C)c2cccc(C#N)c2)cc1[N+](=O)[O-]. The highest BCUT2D eigenvalue weighted by atomic mass is 16.6. The Bertz CT molecular complexity index is 811. The average Bonchev–Trinajstić information content (AvgIpc) is 2.59. The highest BCUT2D eigenvalue weighted by molar-refractivity contribution is 6.06. The van der Waals surface area contributed by atoms with Crippen LogP contribution in [0.1, 0.15) is 15.9 Å². The summed E-state index contributed by atoms with van der Waals surface area (Å²) in [4.78, 5) is 24.3. The summed E-state index contributed by atoms with van der Waals surface area (Å²) in [6.45, 7) is 0. The summed E-state index contributed by atoms with van der Waals surface area (Å²) in [7, 11) is 2.86. The van der Waals surface area contributed by atoms with Crippen molar-refractivity contribution in [2.45, 2.75) is 0 Å². The van der Waals surface area contributed by atoms with Gasteiger partial charge in [0.25, 0.3) is 5.91 Å². The minimum absolute atomic E-state index is 0.0840. The molecule has 7 heteroatoms. The molecule has 0 aliphatic rings. The normalized spacial score (nSPS) is 9.78. The van der Waals surface area contributed by atoms with Crippen LogP contribution in [0.15, 0.2) is 42.5 Å². The van der Waals surface area contributed by atoms with E-state index in [-0.39, 0.29) is 17.0 Å². The van der Waals surface area contributed by atoms with Crippen LogP contribution in [0.5, 0.6) is 5.75 Å². The summed E-state index contributed by atoms with van der Waals surface area (Å²) in [5.74, 6) is -0.341. The van der Waals surface area contributed by atoms with Crippen LogP contribution in [-0.4, -0.2) is 25.0 Å². The number of anilines is 1. The van der Waals surface area contributed by atoms with E-state index in [1.165, 1.54) is 37.3 Å². The molecule has 0 radical (unpaired) electrons. The van der Waals surface area contributed by atoms with Gasteiger partial charge < -0.3 is 9.64 Å². The van der Waals surface area contributed by atoms with Crippen molar-refractivity contribution in [3.8, 4) is 11.8 Å². The van der Waals surface area contributed by atoms with E-state index in [1.807, 2.05) is 6.07 Å². The molecule has 0 saturated carbocycles. The predicted octanol–water partition coefficient (Wildman–Crippen LogP) is 2.75. The second kappa shape index (κ2) is 6.58. The number of rotatable bonds is 4. The fourth-order valence-corrected chi connectivity index (χ4v) is 2.06. The van der Waals surface area contributed by atoms with Crippen molar-refractivity contribution in [3.05, 3.63) is 63.7 Å². The van der Waals surface area contributed by atoms with Gasteiger partial charge in [0.05, 0.1) is 23.7 Å². The van der Waals surface area contributed by atoms with Gasteiger partial charge in [-0.15, -0.1) is 0 Å². The molecule has 116 valence electrons. The zero-order valence-corrected chi connectivity index (χ0v) is 12.5. The Hall–Kier alpha value is -3.40. The second-order valence-electron chi connectivity index (χ2n) is 4.67. The standard InChI is InChI=1S/C16H13N3O4/c1-18(13-5-3-4-11(8-13)10-17)16(20)12-6-7-15(23-2)14(9-12)19(21)22/h3-9H,1-2H3. The summed E-state index contributed by atoms with van der Waals surface area (Å²) < 4.78 is 4.91. The molecule has 1 amide bonds. The molecule has 0 fully saturated rings. The minimum Gasteiger partial charge on any atom is -0.490 e. The fourth-order valence-electron chi connectivity index (χ4n) is 2.06. The molecule has 2 rings (SSSR count). The Kier molecular flexibility index (Phi) is 4.57. The van der Waals surface area contributed by atoms with Crippen molar-refractivity contribution < 1.29 is 14.5 Å². The lowest BCUT2D eigenvalue weighted by molar-refractivity contribution is -0.385. The summed E-state index contributed by atoms with van der Waals surface area (Å²) in [5, 5.41) is 20.0. The first kappa shape index (κ1) is 16.0. The summed E-state index contributed by atoms with van der Waals surface area (Å²) >= 11 is 0. The zero-order chi connectivity index (χ0) is 17.0. The monoisotopic (exact) mass is 311 g/mol. The average molecular weight is 311 g/mol. The largest absolute Gasteiger partial charge is 0.490 e. The highest BCUT2D eigenvalue weighted by Crippen LogP contribution is 2.28. The van der Waals surface area contributed by atoms with Crippen LogP contribution in [0, 0.1) is 21.4 Å². The van der Waals surface area contributed by atoms with Gasteiger partial charge in [-0.1, -0.05) is 6.07 Å². The molecule has 0 aromatic heterocycles. The molecule has 0 unspecified atom stereocenters. The number of hydrogen-bond donors (Lipinski definition) is 0. The number of nitro groups is 1. The van der Waals surface area contributed by atoms with Gasteiger partial charge in [-0.05, 0) is 30.3 Å². The first-order valence-corrected chi connectivity index (χ1v) is 6.58. The molecule has 0 aliphatic heterocycles. The van der Waals surface area contributed by atoms with Crippen LogP contribution in [0.2, 0.25) is 0 Å². The van der Waals surface area contributed by atoms with E-state index < -0.39 is 10.8 Å². The topological polar surface area (TPSA) is 96.5 Å². The Morgan fingerprint density at radius 2 is 2.04 bits per heavy atom. The number of amides is 1. The molecule has 0 saturated heterocycles. The van der Waals surface area contributed by atoms with Crippen LogP contribution in [0.3, 0.4) is 0 Å². The maximum Gasteiger partial charge on any atom is 0.311 e. The number of carbonyl (C=O) groups is 1. The predicted molar refractivity (Wildman–Crippen MR) is 83.5 cm³/mol. The van der Waals surface area contributed by atoms with Crippen LogP contribution in [-0.2, 0) is 0 Å². The van der Waals surface area contributed by atoms with Gasteiger partial charge in [0.15, 0.2) is 5.75 Å². The first-order chi connectivity index (χ1) is 11.0. The fraction of sp³-hybridized carbons (Fsp3) is 0.125. The van der Waals surface area contributed by atoms with Crippen LogP contribution >= 0.6 is 0 Å². The third-order valence-electron chi connectivity index (χ3n) is 3.29. The molecule has 0 heterocycles. The van der Waals surface area contributed by atoms with E-state index in [0.717, 1.165) is 0 Å². The molecule has 0 aliphatic carbocycles. The molecular weight excluding hydrogens is 298 g/mol. The number of nitriles is 1. The van der Waals surface area contributed by atoms with Crippen molar-refractivity contribution in [1.82, 2.24) is 0 Å². The van der Waals surface area contributed by atoms with Gasteiger partial charge in [0.1, 0.15) is 0 Å². The number of carbonyl (C=O) groups excluding carboxylic acids is 1. The zero-order valence-electron chi connectivity index (χ0n) is 12.5. The highest BCUT2D eigenvalue weighted by Gasteiger charge is 2.20. The van der Waals surface area contributed by atoms with Crippen molar-refractivity contribution in [1.29, 1.82) is 5.26 Å². The number of benzene rings is 2. The van der Waals surface area contributed by atoms with Gasteiger partial charge in [0, 0.05) is 24.4 Å². The molecule has 0 atom stereocenters. The van der Waals surface area contributed by atoms with E-state index in [4.69, 9.17) is 10.00 Å². The Balaban J connectivity index is 2.38. The molecule has 0 spiro atoms.